The van der Waals surface area contributed by atoms with Crippen molar-refractivity contribution in [3.8, 4) is 0 Å². The second-order valence-electron chi connectivity index (χ2n) is 5.28. The van der Waals surface area contributed by atoms with E-state index < -0.39 is 0 Å². The molecule has 2 bridgehead atoms. The third kappa shape index (κ3) is 1.69. The lowest BCUT2D eigenvalue weighted by molar-refractivity contribution is 0.225. The van der Waals surface area contributed by atoms with Gasteiger partial charge in [-0.1, -0.05) is 24.3 Å². The summed E-state index contributed by atoms with van der Waals surface area (Å²) in [5, 5.41) is 0. The van der Waals surface area contributed by atoms with Crippen molar-refractivity contribution < 1.29 is 0 Å². The topological polar surface area (TPSA) is 26.0 Å². The standard InChI is InChI=1S/C14H19N/c15-14-8-10-5-6-13(14)9-12-4-2-1-3-11(12)7-10/h1-4,10,13-14H,5-9,15H2. The summed E-state index contributed by atoms with van der Waals surface area (Å²) in [4.78, 5) is 0. The first-order valence-electron chi connectivity index (χ1n) is 6.15. The van der Waals surface area contributed by atoms with Crippen LogP contribution in [0.5, 0.6) is 0 Å². The molecule has 80 valence electrons. The first kappa shape index (κ1) is 9.41. The number of nitrogens with two attached hydrogens (primary N) is 1. The molecule has 0 radical (unpaired) electrons. The minimum atomic E-state index is 0.456. The number of benzene rings is 1. The fourth-order valence-corrected chi connectivity index (χ4v) is 3.35. The van der Waals surface area contributed by atoms with E-state index in [0.29, 0.717) is 6.04 Å². The summed E-state index contributed by atoms with van der Waals surface area (Å²) in [7, 11) is 0. The highest BCUT2D eigenvalue weighted by atomic mass is 14.7. The summed E-state index contributed by atoms with van der Waals surface area (Å²) in [6.45, 7) is 0. The lowest BCUT2D eigenvalue weighted by Crippen LogP contribution is -2.39. The maximum Gasteiger partial charge on any atom is 0.00730 e. The molecule has 15 heavy (non-hydrogen) atoms. The van der Waals surface area contributed by atoms with Crippen LogP contribution in [0.3, 0.4) is 0 Å². The van der Waals surface area contributed by atoms with Gasteiger partial charge in [-0.2, -0.15) is 0 Å². The van der Waals surface area contributed by atoms with Crippen LogP contribution in [0.4, 0.5) is 0 Å². The van der Waals surface area contributed by atoms with Gasteiger partial charge in [-0.05, 0) is 55.1 Å². The van der Waals surface area contributed by atoms with Gasteiger partial charge in [-0.15, -0.1) is 0 Å². The fourth-order valence-electron chi connectivity index (χ4n) is 3.35. The first-order chi connectivity index (χ1) is 7.33. The summed E-state index contributed by atoms with van der Waals surface area (Å²) >= 11 is 0. The summed E-state index contributed by atoms with van der Waals surface area (Å²) in [6.07, 6.45) is 6.46. The Balaban J connectivity index is 1.98. The van der Waals surface area contributed by atoms with E-state index >= 15 is 0 Å². The van der Waals surface area contributed by atoms with Crippen molar-refractivity contribution in [1.29, 1.82) is 0 Å². The second-order valence-corrected chi connectivity index (χ2v) is 5.28. The zero-order valence-electron chi connectivity index (χ0n) is 9.15. The Morgan fingerprint density at radius 1 is 1.00 bits per heavy atom. The van der Waals surface area contributed by atoms with E-state index in [2.05, 4.69) is 24.3 Å². The second kappa shape index (κ2) is 3.64. The maximum absolute atomic E-state index is 6.25. The molecule has 1 saturated carbocycles. The molecule has 3 aliphatic carbocycles. The minimum Gasteiger partial charge on any atom is -0.327 e. The van der Waals surface area contributed by atoms with Crippen LogP contribution in [-0.4, -0.2) is 6.04 Å². The summed E-state index contributed by atoms with van der Waals surface area (Å²) in [5.41, 5.74) is 9.39. The molecule has 0 aromatic heterocycles. The lowest BCUT2D eigenvalue weighted by atomic mass is 9.70. The van der Waals surface area contributed by atoms with Gasteiger partial charge < -0.3 is 5.73 Å². The number of hydrogen-bond acceptors (Lipinski definition) is 1. The number of fused-ring (bicyclic) bond motifs is 2. The highest BCUT2D eigenvalue weighted by Crippen LogP contribution is 2.36. The fraction of sp³-hybridized carbons (Fsp3) is 0.571. The van der Waals surface area contributed by atoms with Crippen LogP contribution in [-0.2, 0) is 12.8 Å². The molecule has 3 atom stereocenters. The molecule has 1 nitrogen and oxygen atoms in total. The molecule has 4 rings (SSSR count). The molecule has 1 aromatic carbocycles. The molecule has 3 aliphatic rings. The van der Waals surface area contributed by atoms with Gasteiger partial charge in [0.1, 0.15) is 0 Å². The maximum atomic E-state index is 6.25. The molecule has 0 amide bonds. The summed E-state index contributed by atoms with van der Waals surface area (Å²) < 4.78 is 0. The van der Waals surface area contributed by atoms with E-state index in [-0.39, 0.29) is 0 Å². The molecule has 1 fully saturated rings. The number of hydrogen-bond donors (Lipinski definition) is 1. The highest BCUT2D eigenvalue weighted by Gasteiger charge is 2.31. The van der Waals surface area contributed by atoms with Gasteiger partial charge >= 0.3 is 0 Å². The van der Waals surface area contributed by atoms with Gasteiger partial charge in [-0.25, -0.2) is 0 Å². The van der Waals surface area contributed by atoms with E-state index in [4.69, 9.17) is 5.73 Å². The predicted octanol–water partition coefficient (Wildman–Crippen LogP) is 2.53. The molecule has 0 heterocycles. The molecular weight excluding hydrogens is 182 g/mol. The normalized spacial score (nSPS) is 34.3. The first-order valence-corrected chi connectivity index (χ1v) is 6.15. The van der Waals surface area contributed by atoms with Gasteiger partial charge in [0.2, 0.25) is 0 Å². The van der Waals surface area contributed by atoms with Crippen molar-refractivity contribution in [2.45, 2.75) is 38.1 Å². The predicted molar refractivity (Wildman–Crippen MR) is 62.7 cm³/mol. The molecule has 0 aliphatic heterocycles. The van der Waals surface area contributed by atoms with Crippen molar-refractivity contribution in [2.75, 3.05) is 0 Å². The Labute approximate surface area is 91.7 Å². The van der Waals surface area contributed by atoms with E-state index in [1.807, 2.05) is 0 Å². The Morgan fingerprint density at radius 3 is 2.47 bits per heavy atom. The van der Waals surface area contributed by atoms with Gasteiger partial charge in [0.15, 0.2) is 0 Å². The van der Waals surface area contributed by atoms with Gasteiger partial charge in [0.05, 0.1) is 0 Å². The SMILES string of the molecule is NC1CC2CCC1Cc1ccccc1C2. The molecular formula is C14H19N. The zero-order chi connectivity index (χ0) is 10.3. The molecule has 0 saturated heterocycles. The lowest BCUT2D eigenvalue weighted by Gasteiger charge is -2.37. The van der Waals surface area contributed by atoms with Crippen LogP contribution in [0.25, 0.3) is 0 Å². The van der Waals surface area contributed by atoms with Crippen molar-refractivity contribution in [1.82, 2.24) is 0 Å². The molecule has 3 unspecified atom stereocenters. The summed E-state index contributed by atoms with van der Waals surface area (Å²) in [6, 6.07) is 9.40. The van der Waals surface area contributed by atoms with Crippen LogP contribution >= 0.6 is 0 Å². The van der Waals surface area contributed by atoms with Crippen LogP contribution in [0.1, 0.15) is 30.4 Å². The van der Waals surface area contributed by atoms with Crippen molar-refractivity contribution in [3.05, 3.63) is 35.4 Å². The Bertz CT molecular complexity index is 358. The van der Waals surface area contributed by atoms with Crippen LogP contribution in [0.15, 0.2) is 24.3 Å². The zero-order valence-corrected chi connectivity index (χ0v) is 9.15. The quantitative estimate of drug-likeness (QED) is 0.686. The molecule has 1 heteroatoms. The van der Waals surface area contributed by atoms with Crippen LogP contribution in [0, 0.1) is 11.8 Å². The van der Waals surface area contributed by atoms with E-state index in [1.165, 1.54) is 32.1 Å². The smallest absolute Gasteiger partial charge is 0.00730 e. The largest absolute Gasteiger partial charge is 0.327 e. The monoisotopic (exact) mass is 201 g/mol. The van der Waals surface area contributed by atoms with Gasteiger partial charge in [-0.3, -0.25) is 0 Å². The number of rotatable bonds is 0. The van der Waals surface area contributed by atoms with Crippen LogP contribution in [0.2, 0.25) is 0 Å². The third-order valence-electron chi connectivity index (χ3n) is 4.27. The molecule has 1 aromatic rings. The highest BCUT2D eigenvalue weighted by molar-refractivity contribution is 5.29. The molecule has 0 spiro atoms. The van der Waals surface area contributed by atoms with Gasteiger partial charge in [0, 0.05) is 6.04 Å². The average Bonchev–Trinajstić information content (AvgIpc) is 2.20. The Kier molecular flexibility index (Phi) is 2.28. The average molecular weight is 201 g/mol. The van der Waals surface area contributed by atoms with E-state index in [9.17, 15) is 0 Å². The molecule has 2 N–H and O–H groups in total. The van der Waals surface area contributed by atoms with E-state index in [0.717, 1.165) is 11.8 Å². The van der Waals surface area contributed by atoms with Crippen molar-refractivity contribution in [3.63, 3.8) is 0 Å². The van der Waals surface area contributed by atoms with Gasteiger partial charge in [0.25, 0.3) is 0 Å². The van der Waals surface area contributed by atoms with Crippen molar-refractivity contribution >= 4 is 0 Å². The van der Waals surface area contributed by atoms with Crippen LogP contribution < -0.4 is 5.73 Å². The van der Waals surface area contributed by atoms with E-state index in [1.54, 1.807) is 11.1 Å². The minimum absolute atomic E-state index is 0.456. The Hall–Kier alpha value is -0.820. The summed E-state index contributed by atoms with van der Waals surface area (Å²) in [5.74, 6) is 1.58. The Morgan fingerprint density at radius 2 is 1.73 bits per heavy atom. The van der Waals surface area contributed by atoms with Crippen molar-refractivity contribution in [2.24, 2.45) is 17.6 Å². The third-order valence-corrected chi connectivity index (χ3v) is 4.27.